The van der Waals surface area contributed by atoms with Crippen LogP contribution in [-0.2, 0) is 17.7 Å². The molecule has 4 nitrogen and oxygen atoms in total. The fourth-order valence-corrected chi connectivity index (χ4v) is 3.13. The van der Waals surface area contributed by atoms with Gasteiger partial charge in [0.25, 0.3) is 0 Å². The van der Waals surface area contributed by atoms with Crippen molar-refractivity contribution >= 4 is 37.6 Å². The van der Waals surface area contributed by atoms with Gasteiger partial charge in [0.2, 0.25) is 0 Å². The molecule has 0 atom stereocenters. The molecule has 29 heavy (non-hydrogen) atoms. The number of benzene rings is 1. The molecule has 0 aliphatic heterocycles. The van der Waals surface area contributed by atoms with Gasteiger partial charge in [-0.3, -0.25) is 0 Å². The summed E-state index contributed by atoms with van der Waals surface area (Å²) < 4.78 is 12.9. The van der Waals surface area contributed by atoms with Crippen LogP contribution in [0.4, 0.5) is 0 Å². The van der Waals surface area contributed by atoms with Gasteiger partial charge in [-0.15, -0.1) is 0 Å². The Hall–Kier alpha value is -1.01. The molecule has 1 aromatic rings. The molecule has 0 fully saturated rings. The minimum Gasteiger partial charge on any atom is -0.493 e. The summed E-state index contributed by atoms with van der Waals surface area (Å²) in [6.07, 6.45) is 9.46. The second-order valence-electron chi connectivity index (χ2n) is 7.07. The second kappa shape index (κ2) is 15.8. The maximum atomic E-state index is 6.19. The highest BCUT2D eigenvalue weighted by Crippen LogP contribution is 2.31. The van der Waals surface area contributed by atoms with E-state index in [1.165, 1.54) is 30.4 Å². The molecular weight excluding hydrogens is 498 g/mol. The quantitative estimate of drug-likeness (QED) is 0.133. The number of nitrogens with zero attached hydrogens (tertiary/aromatic N) is 1. The molecule has 1 rings (SSSR count). The highest BCUT2D eigenvalue weighted by atomic mass is 79.9. The number of oxime groups is 1. The lowest BCUT2D eigenvalue weighted by molar-refractivity contribution is 0.139. The van der Waals surface area contributed by atoms with Gasteiger partial charge in [-0.1, -0.05) is 31.8 Å². The van der Waals surface area contributed by atoms with Gasteiger partial charge in [0.15, 0.2) is 0 Å². The molecule has 0 radical (unpaired) electrons. The van der Waals surface area contributed by atoms with Crippen molar-refractivity contribution in [2.24, 2.45) is 5.16 Å². The van der Waals surface area contributed by atoms with Crippen LogP contribution in [0.5, 0.6) is 11.5 Å². The third-order valence-electron chi connectivity index (χ3n) is 4.34. The van der Waals surface area contributed by atoms with E-state index in [0.29, 0.717) is 13.2 Å². The average molecular weight is 533 g/mol. The van der Waals surface area contributed by atoms with Crippen LogP contribution in [0.25, 0.3) is 0 Å². The van der Waals surface area contributed by atoms with Gasteiger partial charge >= 0.3 is 0 Å². The van der Waals surface area contributed by atoms with Crippen LogP contribution >= 0.6 is 31.9 Å². The van der Waals surface area contributed by atoms with Crippen molar-refractivity contribution in [3.8, 4) is 11.5 Å². The summed E-state index contributed by atoms with van der Waals surface area (Å²) in [5.41, 5.74) is 3.39. The van der Waals surface area contributed by atoms with Crippen molar-refractivity contribution in [2.45, 2.75) is 72.6 Å². The minimum absolute atomic E-state index is 0.522. The lowest BCUT2D eigenvalue weighted by Gasteiger charge is -2.17. The Morgan fingerprint density at radius 1 is 0.897 bits per heavy atom. The van der Waals surface area contributed by atoms with Crippen LogP contribution in [0.3, 0.4) is 0 Å². The Balaban J connectivity index is 2.42. The average Bonchev–Trinajstić information content (AvgIpc) is 2.68. The van der Waals surface area contributed by atoms with E-state index in [-0.39, 0.29) is 0 Å². The van der Waals surface area contributed by atoms with Gasteiger partial charge in [-0.25, -0.2) is 0 Å². The lowest BCUT2D eigenvalue weighted by atomic mass is 10.0. The third-order valence-corrected chi connectivity index (χ3v) is 4.99. The molecule has 0 aliphatic carbocycles. The first-order chi connectivity index (χ1) is 14.0. The lowest BCUT2D eigenvalue weighted by Crippen LogP contribution is -2.05. The number of ether oxygens (including phenoxy) is 2. The molecule has 0 saturated carbocycles. The van der Waals surface area contributed by atoms with Gasteiger partial charge in [-0.05, 0) is 107 Å². The van der Waals surface area contributed by atoms with E-state index in [0.717, 1.165) is 52.9 Å². The molecule has 1 aromatic carbocycles. The molecule has 0 bridgehead atoms. The monoisotopic (exact) mass is 531 g/mol. The molecule has 0 aromatic heterocycles. The van der Waals surface area contributed by atoms with E-state index in [9.17, 15) is 0 Å². The number of halogens is 2. The van der Waals surface area contributed by atoms with Crippen LogP contribution in [-0.4, -0.2) is 25.5 Å². The SMILES string of the molecule is CCc1cc(OCC=C(Br)Br)cc(CC)c1OCCCCCCCON=C(C)C. The van der Waals surface area contributed by atoms with E-state index >= 15 is 0 Å². The Morgan fingerprint density at radius 3 is 2.03 bits per heavy atom. The first-order valence-corrected chi connectivity index (χ1v) is 12.1. The zero-order valence-corrected chi connectivity index (χ0v) is 21.4. The first kappa shape index (κ1) is 26.0. The summed E-state index contributed by atoms with van der Waals surface area (Å²) in [4.78, 5) is 5.22. The van der Waals surface area contributed by atoms with E-state index in [1.807, 2.05) is 19.9 Å². The summed E-state index contributed by atoms with van der Waals surface area (Å²) in [6, 6.07) is 4.20. The Morgan fingerprint density at radius 2 is 1.48 bits per heavy atom. The predicted octanol–water partition coefficient (Wildman–Crippen LogP) is 7.56. The summed E-state index contributed by atoms with van der Waals surface area (Å²) in [6.45, 7) is 10.2. The van der Waals surface area contributed by atoms with Crippen molar-refractivity contribution in [1.82, 2.24) is 0 Å². The Kier molecular flexibility index (Phi) is 14.2. The highest BCUT2D eigenvalue weighted by Gasteiger charge is 2.11. The van der Waals surface area contributed by atoms with Gasteiger partial charge in [-0.2, -0.15) is 0 Å². The smallest absolute Gasteiger partial charge is 0.125 e. The summed E-state index contributed by atoms with van der Waals surface area (Å²) in [7, 11) is 0. The standard InChI is InChI=1S/C23H35Br2NO3/c1-5-19-16-21(27-15-12-22(24)25)17-20(6-2)23(19)28-13-10-8-7-9-11-14-29-26-18(3)4/h12,16-17H,5-11,13-15H2,1-4H3. The van der Waals surface area contributed by atoms with Crippen molar-refractivity contribution in [2.75, 3.05) is 19.8 Å². The highest BCUT2D eigenvalue weighted by molar-refractivity contribution is 9.28. The van der Waals surface area contributed by atoms with Crippen LogP contribution < -0.4 is 9.47 Å². The van der Waals surface area contributed by atoms with Gasteiger partial charge in [0.1, 0.15) is 24.7 Å². The molecule has 6 heteroatoms. The zero-order valence-electron chi connectivity index (χ0n) is 18.2. The van der Waals surface area contributed by atoms with Crippen LogP contribution in [0.2, 0.25) is 0 Å². The van der Waals surface area contributed by atoms with Gasteiger partial charge in [0.05, 0.1) is 15.7 Å². The second-order valence-corrected chi connectivity index (χ2v) is 9.84. The van der Waals surface area contributed by atoms with Crippen LogP contribution in [0.15, 0.2) is 26.8 Å². The molecular formula is C23H35Br2NO3. The van der Waals surface area contributed by atoms with E-state index < -0.39 is 0 Å². The topological polar surface area (TPSA) is 40.0 Å². The first-order valence-electron chi connectivity index (χ1n) is 10.5. The fourth-order valence-electron chi connectivity index (χ4n) is 2.87. The van der Waals surface area contributed by atoms with Crippen molar-refractivity contribution < 1.29 is 14.3 Å². The predicted molar refractivity (Wildman–Crippen MR) is 130 cm³/mol. The van der Waals surface area contributed by atoms with Crippen LogP contribution in [0.1, 0.15) is 70.9 Å². The van der Waals surface area contributed by atoms with Gasteiger partial charge < -0.3 is 14.3 Å². The van der Waals surface area contributed by atoms with E-state index in [1.54, 1.807) is 0 Å². The molecule has 0 amide bonds. The fraction of sp³-hybridized carbons (Fsp3) is 0.609. The minimum atomic E-state index is 0.522. The summed E-state index contributed by atoms with van der Waals surface area (Å²) in [5, 5.41) is 3.95. The Labute approximate surface area is 193 Å². The van der Waals surface area contributed by atoms with Crippen molar-refractivity contribution in [3.63, 3.8) is 0 Å². The normalized spacial score (nSPS) is 10.4. The molecule has 0 heterocycles. The van der Waals surface area contributed by atoms with Crippen molar-refractivity contribution in [1.29, 1.82) is 0 Å². The summed E-state index contributed by atoms with van der Waals surface area (Å²) in [5.74, 6) is 1.94. The number of aryl methyl sites for hydroxylation is 2. The molecule has 0 aliphatic rings. The van der Waals surface area contributed by atoms with E-state index in [2.05, 4.69) is 63.0 Å². The number of rotatable bonds is 15. The zero-order chi connectivity index (χ0) is 21.5. The largest absolute Gasteiger partial charge is 0.493 e. The van der Waals surface area contributed by atoms with E-state index in [4.69, 9.17) is 14.3 Å². The summed E-state index contributed by atoms with van der Waals surface area (Å²) >= 11 is 6.70. The maximum absolute atomic E-state index is 6.19. The number of unbranched alkanes of at least 4 members (excludes halogenated alkanes) is 4. The Bertz CT molecular complexity index is 627. The molecule has 0 N–H and O–H groups in total. The maximum Gasteiger partial charge on any atom is 0.125 e. The molecule has 164 valence electrons. The third kappa shape index (κ3) is 11.7. The molecule has 0 unspecified atom stereocenters. The number of hydrogen-bond donors (Lipinski definition) is 0. The molecule has 0 spiro atoms. The van der Waals surface area contributed by atoms with Gasteiger partial charge in [0, 0.05) is 0 Å². The number of hydrogen-bond acceptors (Lipinski definition) is 4. The van der Waals surface area contributed by atoms with Crippen molar-refractivity contribution in [3.05, 3.63) is 32.7 Å². The van der Waals surface area contributed by atoms with Crippen LogP contribution in [0, 0.1) is 0 Å². The molecule has 0 saturated heterocycles.